The minimum Gasteiger partial charge on any atom is -1.00 e. The second-order valence-electron chi connectivity index (χ2n) is 1.65. The molecule has 1 rings (SSSR count). The van der Waals surface area contributed by atoms with Crippen LogP contribution in [0.1, 0.15) is 6.99 Å². The standard InChI is InChI=1S/C7H8.2BrH.Li.Mg.H/c1-7-5-3-2-4-6-7;;;;;/h2-6H,1H3;2*1H;;;/q;;;+1;+2;-1/p-2. The van der Waals surface area contributed by atoms with Gasteiger partial charge in [-0.1, -0.05) is 35.9 Å². The van der Waals surface area contributed by atoms with E-state index in [9.17, 15) is 0 Å². The molecule has 4 heteroatoms. The Bertz CT molecular complexity index is 151. The van der Waals surface area contributed by atoms with Crippen LogP contribution < -0.4 is 52.8 Å². The largest absolute Gasteiger partial charge is 2.00 e. The first-order valence-electron chi connectivity index (χ1n) is 2.41. The summed E-state index contributed by atoms with van der Waals surface area (Å²) in [5.74, 6) is 0. The minimum absolute atomic E-state index is 0. The number of hydrogen-bond acceptors (Lipinski definition) is 0. The number of rotatable bonds is 0. The molecule has 1 aromatic carbocycles. The summed E-state index contributed by atoms with van der Waals surface area (Å²) in [4.78, 5) is 0. The summed E-state index contributed by atoms with van der Waals surface area (Å²) in [6, 6.07) is 10.3. The number of hydrogen-bond donors (Lipinski definition) is 0. The second kappa shape index (κ2) is 14.1. The molecular formula is C7H9Br2LiMg. The normalized spacial score (nSPS) is 5.55. The maximum Gasteiger partial charge on any atom is 2.00 e. The third-order valence-electron chi connectivity index (χ3n) is 0.940. The van der Waals surface area contributed by atoms with Gasteiger partial charge in [0.05, 0.1) is 0 Å². The van der Waals surface area contributed by atoms with Crippen molar-refractivity contribution >= 4 is 23.1 Å². The zero-order chi connectivity index (χ0) is 5.11. The van der Waals surface area contributed by atoms with Crippen molar-refractivity contribution in [3.8, 4) is 0 Å². The quantitative estimate of drug-likeness (QED) is 0.415. The summed E-state index contributed by atoms with van der Waals surface area (Å²) >= 11 is 0. The molecule has 11 heavy (non-hydrogen) atoms. The van der Waals surface area contributed by atoms with E-state index in [4.69, 9.17) is 0 Å². The summed E-state index contributed by atoms with van der Waals surface area (Å²) in [7, 11) is 0. The van der Waals surface area contributed by atoms with Crippen molar-refractivity contribution in [3.63, 3.8) is 0 Å². The van der Waals surface area contributed by atoms with Crippen LogP contribution in [-0.2, 0) is 0 Å². The molecule has 0 aliphatic heterocycles. The molecule has 0 spiro atoms. The van der Waals surface area contributed by atoms with Gasteiger partial charge in [0, 0.05) is 0 Å². The van der Waals surface area contributed by atoms with Gasteiger partial charge in [-0.15, -0.1) is 0 Å². The Balaban J connectivity index is -0.0000000327. The monoisotopic (exact) mass is 282 g/mol. The summed E-state index contributed by atoms with van der Waals surface area (Å²) in [5.41, 5.74) is 1.32. The van der Waals surface area contributed by atoms with Crippen LogP contribution in [0.15, 0.2) is 30.3 Å². The van der Waals surface area contributed by atoms with Crippen molar-refractivity contribution in [2.75, 3.05) is 0 Å². The zero-order valence-electron chi connectivity index (χ0n) is 7.85. The van der Waals surface area contributed by atoms with Gasteiger partial charge >= 0.3 is 41.9 Å². The average Bonchev–Trinajstić information content (AvgIpc) is 1.69. The zero-order valence-corrected chi connectivity index (χ0v) is 11.4. The van der Waals surface area contributed by atoms with Gasteiger partial charge in [-0.3, -0.25) is 0 Å². The van der Waals surface area contributed by atoms with E-state index in [-0.39, 0.29) is 77.3 Å². The summed E-state index contributed by atoms with van der Waals surface area (Å²) < 4.78 is 0. The Morgan fingerprint density at radius 1 is 1.00 bits per heavy atom. The summed E-state index contributed by atoms with van der Waals surface area (Å²) in [5, 5.41) is 0. The van der Waals surface area contributed by atoms with E-state index in [1.807, 2.05) is 18.2 Å². The molecule has 0 fully saturated rings. The molecule has 0 atom stereocenters. The molecule has 0 aliphatic rings. The van der Waals surface area contributed by atoms with Crippen LogP contribution in [-0.4, -0.2) is 23.1 Å². The van der Waals surface area contributed by atoms with Crippen LogP contribution in [0.5, 0.6) is 0 Å². The van der Waals surface area contributed by atoms with Crippen molar-refractivity contribution in [2.24, 2.45) is 0 Å². The average molecular weight is 284 g/mol. The van der Waals surface area contributed by atoms with E-state index >= 15 is 0 Å². The van der Waals surface area contributed by atoms with Gasteiger partial charge < -0.3 is 35.4 Å². The first-order chi connectivity index (χ1) is 3.39. The van der Waals surface area contributed by atoms with Crippen LogP contribution in [0.25, 0.3) is 0 Å². The molecule has 0 N–H and O–H groups in total. The van der Waals surface area contributed by atoms with Gasteiger partial charge in [0.1, 0.15) is 0 Å². The van der Waals surface area contributed by atoms with Crippen LogP contribution in [0.2, 0.25) is 0 Å². The molecule has 0 aromatic heterocycles. The molecule has 0 amide bonds. The van der Waals surface area contributed by atoms with Crippen LogP contribution in [0.3, 0.4) is 0 Å². The van der Waals surface area contributed by atoms with Gasteiger partial charge in [-0.2, -0.15) is 0 Å². The molecule has 0 bridgehead atoms. The maximum atomic E-state index is 2.08. The SMILES string of the molecule is Cc1ccccc1.[Br-].[Br-].[H-].[Li+].[Mg+2]. The van der Waals surface area contributed by atoms with Crippen molar-refractivity contribution in [2.45, 2.75) is 6.92 Å². The predicted octanol–water partition coefficient (Wildman–Crippen LogP) is -7.26. The molecule has 1 aromatic rings. The Labute approximate surface area is 119 Å². The number of halogens is 2. The Morgan fingerprint density at radius 2 is 1.36 bits per heavy atom. The van der Waals surface area contributed by atoms with Crippen molar-refractivity contribution in [1.29, 1.82) is 0 Å². The molecule has 0 aliphatic carbocycles. The number of benzene rings is 1. The molecule has 0 saturated carbocycles. The van der Waals surface area contributed by atoms with Crippen LogP contribution in [0, 0.1) is 6.92 Å². The van der Waals surface area contributed by atoms with Gasteiger partial charge in [-0.25, -0.2) is 0 Å². The molecule has 0 unspecified atom stereocenters. The fourth-order valence-corrected chi connectivity index (χ4v) is 0.534. The molecule has 0 saturated heterocycles. The van der Waals surface area contributed by atoms with E-state index in [0.717, 1.165) is 0 Å². The summed E-state index contributed by atoms with van der Waals surface area (Å²) in [6.45, 7) is 2.08. The van der Waals surface area contributed by atoms with E-state index in [0.29, 0.717) is 0 Å². The Morgan fingerprint density at radius 3 is 1.55 bits per heavy atom. The smallest absolute Gasteiger partial charge is 1.00 e. The molecule has 0 radical (unpaired) electrons. The first kappa shape index (κ1) is 22.9. The third kappa shape index (κ3) is 11.5. The van der Waals surface area contributed by atoms with Crippen molar-refractivity contribution < 1.29 is 54.3 Å². The van der Waals surface area contributed by atoms with Crippen molar-refractivity contribution in [1.82, 2.24) is 0 Å². The van der Waals surface area contributed by atoms with Crippen LogP contribution >= 0.6 is 0 Å². The first-order valence-corrected chi connectivity index (χ1v) is 2.41. The van der Waals surface area contributed by atoms with E-state index < -0.39 is 0 Å². The van der Waals surface area contributed by atoms with Gasteiger partial charge in [0.25, 0.3) is 0 Å². The fraction of sp³-hybridized carbons (Fsp3) is 0.143. The second-order valence-corrected chi connectivity index (χ2v) is 1.65. The molecular weight excluding hydrogens is 275 g/mol. The predicted molar refractivity (Wildman–Crippen MR) is 38.0 cm³/mol. The molecule has 0 heterocycles. The van der Waals surface area contributed by atoms with Crippen LogP contribution in [0.4, 0.5) is 0 Å². The Kier molecular flexibility index (Phi) is 29.3. The van der Waals surface area contributed by atoms with E-state index in [1.165, 1.54) is 5.56 Å². The van der Waals surface area contributed by atoms with E-state index in [2.05, 4.69) is 19.1 Å². The van der Waals surface area contributed by atoms with Gasteiger partial charge in [0.2, 0.25) is 0 Å². The molecule has 54 valence electrons. The Hall–Kier alpha value is 1.54. The molecule has 0 nitrogen and oxygen atoms in total. The third-order valence-corrected chi connectivity index (χ3v) is 0.940. The fourth-order valence-electron chi connectivity index (χ4n) is 0.534. The van der Waals surface area contributed by atoms with E-state index in [1.54, 1.807) is 0 Å². The minimum atomic E-state index is 0. The number of aryl methyl sites for hydroxylation is 1. The summed E-state index contributed by atoms with van der Waals surface area (Å²) in [6.07, 6.45) is 0. The van der Waals surface area contributed by atoms with Gasteiger partial charge in [-0.05, 0) is 6.92 Å². The van der Waals surface area contributed by atoms with Crippen molar-refractivity contribution in [3.05, 3.63) is 35.9 Å². The maximum absolute atomic E-state index is 2.08. The van der Waals surface area contributed by atoms with Gasteiger partial charge in [0.15, 0.2) is 0 Å². The topological polar surface area (TPSA) is 0 Å².